The van der Waals surface area contributed by atoms with Crippen molar-refractivity contribution < 1.29 is 17.9 Å². The average Bonchev–Trinajstić information content (AvgIpc) is 3.39. The largest absolute Gasteiger partial charge is 0.497 e. The number of carbonyl (C=O) groups is 1. The molecule has 0 radical (unpaired) electrons. The van der Waals surface area contributed by atoms with E-state index in [0.29, 0.717) is 25.3 Å². The van der Waals surface area contributed by atoms with Gasteiger partial charge in [-0.15, -0.1) is 11.3 Å². The van der Waals surface area contributed by atoms with Crippen molar-refractivity contribution >= 4 is 27.3 Å². The molecule has 0 N–H and O–H groups in total. The number of fused-ring (bicyclic) bond motifs is 1. The Labute approximate surface area is 231 Å². The Bertz CT molecular complexity index is 1340. The van der Waals surface area contributed by atoms with Gasteiger partial charge in [-0.05, 0) is 70.7 Å². The van der Waals surface area contributed by atoms with Gasteiger partial charge in [0.1, 0.15) is 5.75 Å². The summed E-state index contributed by atoms with van der Waals surface area (Å²) in [6.07, 6.45) is 2.28. The van der Waals surface area contributed by atoms with Crippen molar-refractivity contribution in [3.63, 3.8) is 0 Å². The molecule has 1 aliphatic heterocycles. The molecule has 38 heavy (non-hydrogen) atoms. The molecule has 1 unspecified atom stereocenters. The molecule has 3 aromatic rings. The van der Waals surface area contributed by atoms with E-state index in [0.717, 1.165) is 24.0 Å². The zero-order valence-corrected chi connectivity index (χ0v) is 24.6. The van der Waals surface area contributed by atoms with Crippen LogP contribution in [0, 0.1) is 0 Å². The first-order chi connectivity index (χ1) is 18.1. The number of sulfonamides is 1. The first-order valence-corrected chi connectivity index (χ1v) is 15.5. The molecule has 0 saturated heterocycles. The number of benzene rings is 2. The number of nitrogens with zero attached hydrogens (tertiary/aromatic N) is 2. The van der Waals surface area contributed by atoms with Crippen molar-refractivity contribution in [3.8, 4) is 5.75 Å². The smallest absolute Gasteiger partial charge is 0.243 e. The number of hydrogen-bond acceptors (Lipinski definition) is 5. The molecule has 1 aliphatic rings. The second-order valence-corrected chi connectivity index (χ2v) is 13.7. The summed E-state index contributed by atoms with van der Waals surface area (Å²) in [5.41, 5.74) is 3.45. The Morgan fingerprint density at radius 3 is 2.37 bits per heavy atom. The van der Waals surface area contributed by atoms with E-state index in [-0.39, 0.29) is 28.8 Å². The Morgan fingerprint density at radius 2 is 1.76 bits per heavy atom. The molecule has 8 heteroatoms. The van der Waals surface area contributed by atoms with E-state index in [1.54, 1.807) is 30.6 Å². The van der Waals surface area contributed by atoms with Gasteiger partial charge in [-0.2, -0.15) is 4.31 Å². The summed E-state index contributed by atoms with van der Waals surface area (Å²) in [6.45, 7) is 9.22. The van der Waals surface area contributed by atoms with Gasteiger partial charge in [0.25, 0.3) is 0 Å². The number of thiophene rings is 1. The molecule has 1 amide bonds. The maximum atomic E-state index is 13.9. The molecule has 4 rings (SSSR count). The number of unbranched alkanes of at least 4 members (excludes halogenated alkanes) is 1. The van der Waals surface area contributed by atoms with E-state index in [9.17, 15) is 13.2 Å². The van der Waals surface area contributed by atoms with Gasteiger partial charge in [0, 0.05) is 18.0 Å². The second kappa shape index (κ2) is 11.6. The van der Waals surface area contributed by atoms with Crippen LogP contribution >= 0.6 is 11.3 Å². The molecule has 1 aromatic heterocycles. The summed E-state index contributed by atoms with van der Waals surface area (Å²) in [5.74, 6) is 0.403. The first kappa shape index (κ1) is 28.3. The van der Waals surface area contributed by atoms with Crippen LogP contribution in [-0.4, -0.2) is 50.3 Å². The molecular weight excluding hydrogens is 516 g/mol. The van der Waals surface area contributed by atoms with Crippen LogP contribution in [0.5, 0.6) is 5.75 Å². The van der Waals surface area contributed by atoms with Gasteiger partial charge in [0.05, 0.1) is 24.6 Å². The van der Waals surface area contributed by atoms with Gasteiger partial charge in [-0.3, -0.25) is 4.79 Å². The van der Waals surface area contributed by atoms with E-state index >= 15 is 0 Å². The van der Waals surface area contributed by atoms with Crippen molar-refractivity contribution in [1.29, 1.82) is 0 Å². The summed E-state index contributed by atoms with van der Waals surface area (Å²) < 4.78 is 33.7. The Morgan fingerprint density at radius 1 is 1.08 bits per heavy atom. The molecule has 0 spiro atoms. The third-order valence-electron chi connectivity index (χ3n) is 7.15. The van der Waals surface area contributed by atoms with Gasteiger partial charge in [-0.25, -0.2) is 8.42 Å². The number of carbonyl (C=O) groups excluding carboxylic acids is 1. The number of methoxy groups -OCH3 is 1. The minimum Gasteiger partial charge on any atom is -0.497 e. The Balaban J connectivity index is 1.65. The first-order valence-electron chi connectivity index (χ1n) is 13.2. The predicted molar refractivity (Wildman–Crippen MR) is 153 cm³/mol. The van der Waals surface area contributed by atoms with Crippen LogP contribution in [0.2, 0.25) is 0 Å². The lowest BCUT2D eigenvalue weighted by Crippen LogP contribution is -2.47. The summed E-state index contributed by atoms with van der Waals surface area (Å²) in [7, 11) is -2.31. The quantitative estimate of drug-likeness (QED) is 0.324. The van der Waals surface area contributed by atoms with E-state index in [4.69, 9.17) is 4.74 Å². The van der Waals surface area contributed by atoms with Crippen LogP contribution in [0.15, 0.2) is 64.9 Å². The Hall–Kier alpha value is -2.68. The van der Waals surface area contributed by atoms with Gasteiger partial charge in [0.15, 0.2) is 0 Å². The van der Waals surface area contributed by atoms with Crippen LogP contribution < -0.4 is 4.74 Å². The molecule has 0 fully saturated rings. The SMILES string of the molecule is CCCCN(CC(=O)N1CCc2sccc2C1c1ccc(C(C)(C)C)cc1)S(=O)(=O)c1ccc(OC)cc1. The van der Waals surface area contributed by atoms with E-state index in [2.05, 4.69) is 56.5 Å². The standard InChI is InChI=1S/C30H38N2O4S2/c1-6-7-18-31(38(34,35)25-14-12-24(36-5)13-15-25)21-28(33)32-19-16-27-26(17-20-37-27)29(32)22-8-10-23(11-9-22)30(2,3)4/h8-15,17,20,29H,6-7,16,18-19,21H2,1-5H3. The lowest BCUT2D eigenvalue weighted by Gasteiger charge is -2.37. The lowest BCUT2D eigenvalue weighted by atomic mass is 9.85. The Kier molecular flexibility index (Phi) is 8.65. The number of ether oxygens (including phenoxy) is 1. The molecule has 1 atom stereocenters. The third kappa shape index (κ3) is 5.98. The molecule has 2 aromatic carbocycles. The van der Waals surface area contributed by atoms with Crippen LogP contribution in [0.4, 0.5) is 0 Å². The summed E-state index contributed by atoms with van der Waals surface area (Å²) in [5, 5.41) is 2.08. The van der Waals surface area contributed by atoms with Gasteiger partial charge < -0.3 is 9.64 Å². The van der Waals surface area contributed by atoms with Crippen molar-refractivity contribution in [2.45, 2.75) is 63.3 Å². The second-order valence-electron chi connectivity index (χ2n) is 10.8. The van der Waals surface area contributed by atoms with Crippen molar-refractivity contribution in [1.82, 2.24) is 9.21 Å². The molecule has 0 bridgehead atoms. The zero-order valence-electron chi connectivity index (χ0n) is 22.9. The van der Waals surface area contributed by atoms with Crippen LogP contribution in [-0.2, 0) is 26.7 Å². The van der Waals surface area contributed by atoms with Gasteiger partial charge in [0.2, 0.25) is 15.9 Å². The molecule has 0 saturated carbocycles. The monoisotopic (exact) mass is 554 g/mol. The molecule has 6 nitrogen and oxygen atoms in total. The van der Waals surface area contributed by atoms with Crippen molar-refractivity contribution in [2.75, 3.05) is 26.7 Å². The highest BCUT2D eigenvalue weighted by atomic mass is 32.2. The molecule has 2 heterocycles. The highest BCUT2D eigenvalue weighted by Gasteiger charge is 2.35. The summed E-state index contributed by atoms with van der Waals surface area (Å²) in [6, 6.07) is 16.7. The zero-order chi connectivity index (χ0) is 27.5. The minimum atomic E-state index is -3.85. The maximum Gasteiger partial charge on any atom is 0.243 e. The summed E-state index contributed by atoms with van der Waals surface area (Å²) in [4.78, 5) is 17.2. The normalized spacial score (nSPS) is 15.9. The number of rotatable bonds is 9. The number of amides is 1. The van der Waals surface area contributed by atoms with E-state index in [1.165, 1.54) is 26.9 Å². The predicted octanol–water partition coefficient (Wildman–Crippen LogP) is 6.02. The third-order valence-corrected chi connectivity index (χ3v) is 10.0. The number of hydrogen-bond donors (Lipinski definition) is 0. The van der Waals surface area contributed by atoms with Crippen molar-refractivity contribution in [3.05, 3.63) is 81.5 Å². The van der Waals surface area contributed by atoms with Gasteiger partial charge in [-0.1, -0.05) is 58.4 Å². The average molecular weight is 555 g/mol. The van der Waals surface area contributed by atoms with E-state index in [1.807, 2.05) is 11.8 Å². The van der Waals surface area contributed by atoms with Crippen LogP contribution in [0.1, 0.15) is 68.1 Å². The van der Waals surface area contributed by atoms with E-state index < -0.39 is 10.0 Å². The molecule has 0 aliphatic carbocycles. The fourth-order valence-corrected chi connectivity index (χ4v) is 7.20. The lowest BCUT2D eigenvalue weighted by molar-refractivity contribution is -0.133. The molecular formula is C30H38N2O4S2. The summed E-state index contributed by atoms with van der Waals surface area (Å²) >= 11 is 1.72. The molecule has 204 valence electrons. The van der Waals surface area contributed by atoms with Crippen LogP contribution in [0.3, 0.4) is 0 Å². The van der Waals surface area contributed by atoms with Gasteiger partial charge >= 0.3 is 0 Å². The highest BCUT2D eigenvalue weighted by molar-refractivity contribution is 7.89. The highest BCUT2D eigenvalue weighted by Crippen LogP contribution is 2.38. The maximum absolute atomic E-state index is 13.9. The minimum absolute atomic E-state index is 0.0315. The fraction of sp³-hybridized carbons (Fsp3) is 0.433. The van der Waals surface area contributed by atoms with Crippen LogP contribution in [0.25, 0.3) is 0 Å². The topological polar surface area (TPSA) is 66.9 Å². The van der Waals surface area contributed by atoms with Crippen molar-refractivity contribution in [2.24, 2.45) is 0 Å². The fourth-order valence-electron chi connectivity index (χ4n) is 4.87.